The zero-order valence-corrected chi connectivity index (χ0v) is 17.8. The van der Waals surface area contributed by atoms with E-state index in [-0.39, 0.29) is 29.6 Å². The average molecular weight is 460 g/mol. The summed E-state index contributed by atoms with van der Waals surface area (Å²) in [7, 11) is 1.28. The van der Waals surface area contributed by atoms with Gasteiger partial charge in [-0.25, -0.2) is 0 Å². The molecular formula is C23H24O10. The maximum atomic E-state index is 12.2. The number of hydrogen-bond donors (Lipinski definition) is 4. The highest BCUT2D eigenvalue weighted by Crippen LogP contribution is 2.51. The van der Waals surface area contributed by atoms with Crippen LogP contribution in [0.4, 0.5) is 0 Å². The third-order valence-corrected chi connectivity index (χ3v) is 5.87. The van der Waals surface area contributed by atoms with Gasteiger partial charge in [0.15, 0.2) is 17.3 Å². The summed E-state index contributed by atoms with van der Waals surface area (Å²) < 4.78 is 20.9. The van der Waals surface area contributed by atoms with Crippen LogP contribution in [0, 0.1) is 5.41 Å². The lowest BCUT2D eigenvalue weighted by Gasteiger charge is -2.23. The molecule has 2 aromatic rings. The molecule has 33 heavy (non-hydrogen) atoms. The smallest absolute Gasteiger partial charge is 0.315 e. The second-order valence-corrected chi connectivity index (χ2v) is 7.97. The molecule has 4 rings (SSSR count). The molecule has 1 saturated carbocycles. The van der Waals surface area contributed by atoms with Gasteiger partial charge in [0.05, 0.1) is 7.11 Å². The Morgan fingerprint density at radius 3 is 2.27 bits per heavy atom. The van der Waals surface area contributed by atoms with Gasteiger partial charge in [-0.05, 0) is 42.5 Å². The fourth-order valence-corrected chi connectivity index (χ4v) is 4.05. The number of aliphatic hydroxyl groups excluding tert-OH is 2. The molecule has 0 atom stereocenters. The van der Waals surface area contributed by atoms with Crippen molar-refractivity contribution in [3.05, 3.63) is 41.5 Å². The van der Waals surface area contributed by atoms with Crippen LogP contribution in [0.25, 0.3) is 11.1 Å². The number of ether oxygens (including phenoxy) is 4. The first-order chi connectivity index (χ1) is 15.8. The highest BCUT2D eigenvalue weighted by atomic mass is 16.8. The molecule has 4 N–H and O–H groups in total. The lowest BCUT2D eigenvalue weighted by atomic mass is 9.95. The highest BCUT2D eigenvalue weighted by molar-refractivity contribution is 6.02. The van der Waals surface area contributed by atoms with Crippen molar-refractivity contribution in [3.8, 4) is 28.4 Å². The molecule has 10 nitrogen and oxygen atoms in total. The Labute approximate surface area is 188 Å². The summed E-state index contributed by atoms with van der Waals surface area (Å²) in [6.07, 6.45) is 1.98. The first-order valence-electron chi connectivity index (χ1n) is 10.3. The second-order valence-electron chi connectivity index (χ2n) is 7.97. The third kappa shape index (κ3) is 4.51. The lowest BCUT2D eigenvalue weighted by Crippen LogP contribution is -2.25. The number of Topliss-reactive ketones (excluding diaryl/α,β-unsaturated/α-hetero) is 1. The largest absolute Gasteiger partial charge is 0.488 e. The Kier molecular flexibility index (Phi) is 6.26. The van der Waals surface area contributed by atoms with E-state index in [1.54, 1.807) is 24.3 Å². The van der Waals surface area contributed by atoms with Gasteiger partial charge in [0.1, 0.15) is 12.0 Å². The minimum atomic E-state index is -2.28. The molecule has 176 valence electrons. The zero-order chi connectivity index (χ0) is 23.8. The maximum absolute atomic E-state index is 12.2. The molecule has 0 aliphatic heterocycles. The van der Waals surface area contributed by atoms with Crippen LogP contribution in [-0.2, 0) is 16.0 Å². The number of fused-ring (bicyclic) bond motifs is 1. The van der Waals surface area contributed by atoms with E-state index in [0.717, 1.165) is 5.56 Å². The van der Waals surface area contributed by atoms with Crippen LogP contribution in [0.2, 0.25) is 0 Å². The highest BCUT2D eigenvalue weighted by Gasteiger charge is 2.52. The lowest BCUT2D eigenvalue weighted by molar-refractivity contribution is -0.193. The summed E-state index contributed by atoms with van der Waals surface area (Å²) >= 11 is 0. The number of methoxy groups -OCH3 is 1. The monoisotopic (exact) mass is 460 g/mol. The molecule has 2 aliphatic carbocycles. The second kappa shape index (κ2) is 8.99. The van der Waals surface area contributed by atoms with Crippen LogP contribution in [0.15, 0.2) is 30.3 Å². The van der Waals surface area contributed by atoms with E-state index in [0.29, 0.717) is 42.4 Å². The normalized spacial score (nSPS) is 16.0. The first kappa shape index (κ1) is 23.0. The van der Waals surface area contributed by atoms with Crippen molar-refractivity contribution < 1.29 is 49.0 Å². The van der Waals surface area contributed by atoms with Gasteiger partial charge < -0.3 is 39.4 Å². The van der Waals surface area contributed by atoms with E-state index in [9.17, 15) is 30.0 Å². The zero-order valence-electron chi connectivity index (χ0n) is 17.8. The average Bonchev–Trinajstić information content (AvgIpc) is 3.48. The number of ketones is 1. The van der Waals surface area contributed by atoms with Crippen molar-refractivity contribution >= 4 is 11.8 Å². The number of aliphatic hydroxyl groups is 4. The third-order valence-electron chi connectivity index (χ3n) is 5.87. The number of hydrogen-bond acceptors (Lipinski definition) is 10. The van der Waals surface area contributed by atoms with Crippen molar-refractivity contribution in [2.75, 3.05) is 13.7 Å². The summed E-state index contributed by atoms with van der Waals surface area (Å²) in [5.41, 5.74) is 1.64. The molecule has 10 heteroatoms. The van der Waals surface area contributed by atoms with Crippen molar-refractivity contribution in [2.24, 2.45) is 5.41 Å². The molecule has 0 aromatic heterocycles. The van der Waals surface area contributed by atoms with E-state index in [4.69, 9.17) is 18.9 Å². The summed E-state index contributed by atoms with van der Waals surface area (Å²) in [6.45, 7) is -4.59. The van der Waals surface area contributed by atoms with Crippen LogP contribution >= 0.6 is 0 Å². The van der Waals surface area contributed by atoms with Crippen LogP contribution in [0.1, 0.15) is 35.2 Å². The van der Waals surface area contributed by atoms with E-state index in [1.165, 1.54) is 13.2 Å². The summed E-state index contributed by atoms with van der Waals surface area (Å²) in [4.78, 5) is 24.4. The van der Waals surface area contributed by atoms with Crippen LogP contribution < -0.4 is 14.2 Å². The molecule has 0 heterocycles. The summed E-state index contributed by atoms with van der Waals surface area (Å²) in [5, 5.41) is 37.5. The predicted molar refractivity (Wildman–Crippen MR) is 111 cm³/mol. The van der Waals surface area contributed by atoms with Crippen LogP contribution in [0.5, 0.6) is 17.2 Å². The number of esters is 1. The maximum Gasteiger partial charge on any atom is 0.315 e. The quantitative estimate of drug-likeness (QED) is 0.316. The fraction of sp³-hybridized carbons (Fsp3) is 0.391. The Morgan fingerprint density at radius 1 is 0.939 bits per heavy atom. The number of benzene rings is 2. The van der Waals surface area contributed by atoms with Crippen molar-refractivity contribution in [3.63, 3.8) is 0 Å². The molecule has 2 aromatic carbocycles. The Bertz CT molecular complexity index is 1070. The molecule has 0 spiro atoms. The van der Waals surface area contributed by atoms with Gasteiger partial charge in [-0.3, -0.25) is 9.59 Å². The van der Waals surface area contributed by atoms with Gasteiger partial charge >= 0.3 is 18.9 Å². The molecule has 0 radical (unpaired) electrons. The van der Waals surface area contributed by atoms with Gasteiger partial charge in [-0.15, -0.1) is 0 Å². The molecule has 0 saturated heterocycles. The van der Waals surface area contributed by atoms with Crippen molar-refractivity contribution in [1.82, 2.24) is 0 Å². The molecule has 1 fully saturated rings. The SMILES string of the molecule is COC(=O)C1(COc2c(-c3cccc4c3CCC4=O)ccc(OC(O)O)c2OC(O)O)CC1. The minimum absolute atomic E-state index is 0.0100. The number of carbonyl (C=O) groups excluding carboxylic acids is 2. The molecule has 0 unspecified atom stereocenters. The summed E-state index contributed by atoms with van der Waals surface area (Å²) in [5.74, 6) is -0.966. The first-order valence-corrected chi connectivity index (χ1v) is 10.3. The van der Waals surface area contributed by atoms with Gasteiger partial charge in [0.2, 0.25) is 5.75 Å². The topological polar surface area (TPSA) is 152 Å². The van der Waals surface area contributed by atoms with Crippen molar-refractivity contribution in [2.45, 2.75) is 38.6 Å². The van der Waals surface area contributed by atoms with E-state index < -0.39 is 24.3 Å². The molecule has 0 bridgehead atoms. The minimum Gasteiger partial charge on any atom is -0.488 e. The van der Waals surface area contributed by atoms with Gasteiger partial charge in [-0.2, -0.15) is 0 Å². The standard InChI is InChI=1S/C23H24O10/c1-30-20(25)23(9-10-23)11-31-18-15(12-3-2-4-14-13(12)5-7-16(14)24)6-8-17(32-21(26)27)19(18)33-22(28)29/h2-4,6,8,21-22,26-29H,5,7,9-11H2,1H3. The van der Waals surface area contributed by atoms with E-state index in [1.807, 2.05) is 0 Å². The van der Waals surface area contributed by atoms with Gasteiger partial charge in [-0.1, -0.05) is 18.2 Å². The van der Waals surface area contributed by atoms with Gasteiger partial charge in [0, 0.05) is 17.5 Å². The van der Waals surface area contributed by atoms with Crippen LogP contribution in [0.3, 0.4) is 0 Å². The summed E-state index contributed by atoms with van der Waals surface area (Å²) in [6, 6.07) is 8.16. The van der Waals surface area contributed by atoms with Crippen LogP contribution in [-0.4, -0.2) is 58.8 Å². The molecular weight excluding hydrogens is 436 g/mol. The molecule has 2 aliphatic rings. The van der Waals surface area contributed by atoms with Crippen molar-refractivity contribution in [1.29, 1.82) is 0 Å². The Morgan fingerprint density at radius 2 is 1.64 bits per heavy atom. The molecule has 0 amide bonds. The van der Waals surface area contributed by atoms with Gasteiger partial charge in [0.25, 0.3) is 0 Å². The van der Waals surface area contributed by atoms with E-state index >= 15 is 0 Å². The Hall–Kier alpha value is -3.18. The fourth-order valence-electron chi connectivity index (χ4n) is 4.05. The number of rotatable bonds is 9. The van der Waals surface area contributed by atoms with E-state index in [2.05, 4.69) is 0 Å². The predicted octanol–water partition coefficient (Wildman–Crippen LogP) is 1.11. The Balaban J connectivity index is 1.84. The number of carbonyl (C=O) groups is 2.